The molecular weight excluding hydrogens is 172 g/mol. The Kier molecular flexibility index (Phi) is 1.39. The van der Waals surface area contributed by atoms with E-state index in [0.29, 0.717) is 0 Å². The highest BCUT2D eigenvalue weighted by molar-refractivity contribution is 6.03. The van der Waals surface area contributed by atoms with E-state index >= 15 is 0 Å². The minimum Gasteiger partial charge on any atom is -0.350 e. The Balaban J connectivity index is 2.65. The second-order valence-electron chi connectivity index (χ2n) is 3.51. The highest BCUT2D eigenvalue weighted by Crippen LogP contribution is 2.23. The SMILES string of the molecule is Cn1ccc2cnc3ccccc3c21. The lowest BCUT2D eigenvalue weighted by atomic mass is 10.2. The molecule has 0 aliphatic heterocycles. The maximum Gasteiger partial charge on any atom is 0.0723 e. The first-order chi connectivity index (χ1) is 6.86. The number of para-hydroxylation sites is 1. The van der Waals surface area contributed by atoms with Gasteiger partial charge in [-0.3, -0.25) is 4.98 Å². The minimum atomic E-state index is 1.06. The van der Waals surface area contributed by atoms with Crippen LogP contribution in [0.2, 0.25) is 0 Å². The van der Waals surface area contributed by atoms with E-state index < -0.39 is 0 Å². The van der Waals surface area contributed by atoms with Crippen molar-refractivity contribution in [2.45, 2.75) is 0 Å². The predicted molar refractivity (Wildman–Crippen MR) is 58.2 cm³/mol. The minimum absolute atomic E-state index is 1.06. The maximum atomic E-state index is 4.41. The van der Waals surface area contributed by atoms with Crippen molar-refractivity contribution in [3.63, 3.8) is 0 Å². The summed E-state index contributed by atoms with van der Waals surface area (Å²) in [4.78, 5) is 4.41. The molecule has 0 bridgehead atoms. The molecular formula is C12H10N2. The molecule has 68 valence electrons. The van der Waals surface area contributed by atoms with E-state index in [-0.39, 0.29) is 0 Å². The molecule has 0 N–H and O–H groups in total. The lowest BCUT2D eigenvalue weighted by molar-refractivity contribution is 0.973. The van der Waals surface area contributed by atoms with E-state index in [4.69, 9.17) is 0 Å². The Hall–Kier alpha value is -1.83. The summed E-state index contributed by atoms with van der Waals surface area (Å²) >= 11 is 0. The zero-order chi connectivity index (χ0) is 9.54. The van der Waals surface area contributed by atoms with Gasteiger partial charge in [-0.1, -0.05) is 18.2 Å². The summed E-state index contributed by atoms with van der Waals surface area (Å²) in [6, 6.07) is 10.3. The molecule has 2 nitrogen and oxygen atoms in total. The van der Waals surface area contributed by atoms with Gasteiger partial charge in [0.05, 0.1) is 11.0 Å². The van der Waals surface area contributed by atoms with Crippen LogP contribution < -0.4 is 0 Å². The van der Waals surface area contributed by atoms with Crippen LogP contribution in [0.3, 0.4) is 0 Å². The molecule has 0 aliphatic rings. The smallest absolute Gasteiger partial charge is 0.0723 e. The molecule has 0 unspecified atom stereocenters. The monoisotopic (exact) mass is 182 g/mol. The molecule has 0 saturated carbocycles. The number of aromatic nitrogens is 2. The first kappa shape index (κ1) is 7.56. The number of hydrogen-bond donors (Lipinski definition) is 0. The topological polar surface area (TPSA) is 17.8 Å². The van der Waals surface area contributed by atoms with Crippen molar-refractivity contribution in [1.82, 2.24) is 9.55 Å². The first-order valence-corrected chi connectivity index (χ1v) is 4.65. The third kappa shape index (κ3) is 0.880. The largest absolute Gasteiger partial charge is 0.350 e. The van der Waals surface area contributed by atoms with Gasteiger partial charge in [-0.2, -0.15) is 0 Å². The van der Waals surface area contributed by atoms with Gasteiger partial charge in [0, 0.05) is 30.2 Å². The van der Waals surface area contributed by atoms with E-state index in [1.807, 2.05) is 18.3 Å². The fraction of sp³-hybridized carbons (Fsp3) is 0.0833. The highest BCUT2D eigenvalue weighted by Gasteiger charge is 2.03. The van der Waals surface area contributed by atoms with Crippen molar-refractivity contribution in [3.8, 4) is 0 Å². The van der Waals surface area contributed by atoms with Crippen molar-refractivity contribution >= 4 is 21.8 Å². The van der Waals surface area contributed by atoms with Gasteiger partial charge in [0.1, 0.15) is 0 Å². The molecule has 0 aliphatic carbocycles. The van der Waals surface area contributed by atoms with Gasteiger partial charge < -0.3 is 4.57 Å². The van der Waals surface area contributed by atoms with Crippen molar-refractivity contribution in [3.05, 3.63) is 42.7 Å². The lowest BCUT2D eigenvalue weighted by Crippen LogP contribution is -1.86. The zero-order valence-corrected chi connectivity index (χ0v) is 7.94. The summed E-state index contributed by atoms with van der Waals surface area (Å²) in [7, 11) is 2.06. The Labute approximate surface area is 81.8 Å². The number of benzene rings is 1. The van der Waals surface area contributed by atoms with E-state index in [2.05, 4.69) is 41.0 Å². The van der Waals surface area contributed by atoms with Crippen LogP contribution in [0.1, 0.15) is 0 Å². The summed E-state index contributed by atoms with van der Waals surface area (Å²) in [5, 5.41) is 2.42. The molecule has 1 aromatic carbocycles. The van der Waals surface area contributed by atoms with Crippen LogP contribution in [0.5, 0.6) is 0 Å². The Morgan fingerprint density at radius 3 is 2.93 bits per heavy atom. The van der Waals surface area contributed by atoms with Crippen LogP contribution in [-0.2, 0) is 7.05 Å². The van der Waals surface area contributed by atoms with Crippen LogP contribution in [0.25, 0.3) is 21.8 Å². The number of pyridine rings is 1. The lowest BCUT2D eigenvalue weighted by Gasteiger charge is -2.01. The number of fused-ring (bicyclic) bond motifs is 3. The molecule has 0 saturated heterocycles. The van der Waals surface area contributed by atoms with Crippen molar-refractivity contribution in [2.75, 3.05) is 0 Å². The number of hydrogen-bond acceptors (Lipinski definition) is 1. The third-order valence-electron chi connectivity index (χ3n) is 2.61. The van der Waals surface area contributed by atoms with Crippen LogP contribution in [0, 0.1) is 0 Å². The summed E-state index contributed by atoms with van der Waals surface area (Å²) in [5.41, 5.74) is 2.32. The maximum absolute atomic E-state index is 4.41. The van der Waals surface area contributed by atoms with Gasteiger partial charge in [0.2, 0.25) is 0 Å². The zero-order valence-electron chi connectivity index (χ0n) is 7.94. The van der Waals surface area contributed by atoms with Gasteiger partial charge in [-0.05, 0) is 12.1 Å². The van der Waals surface area contributed by atoms with Gasteiger partial charge in [0.15, 0.2) is 0 Å². The van der Waals surface area contributed by atoms with Crippen LogP contribution in [-0.4, -0.2) is 9.55 Å². The van der Waals surface area contributed by atoms with Crippen LogP contribution in [0.15, 0.2) is 42.7 Å². The molecule has 2 aromatic heterocycles. The van der Waals surface area contributed by atoms with Gasteiger partial charge in [0.25, 0.3) is 0 Å². The molecule has 0 fully saturated rings. The van der Waals surface area contributed by atoms with Crippen LogP contribution in [0.4, 0.5) is 0 Å². The molecule has 0 spiro atoms. The third-order valence-corrected chi connectivity index (χ3v) is 2.61. The molecule has 0 amide bonds. The molecule has 2 heteroatoms. The Morgan fingerprint density at radius 1 is 1.14 bits per heavy atom. The summed E-state index contributed by atoms with van der Waals surface area (Å²) in [6.07, 6.45) is 4.00. The van der Waals surface area contributed by atoms with Gasteiger partial charge in [-0.15, -0.1) is 0 Å². The second-order valence-corrected chi connectivity index (χ2v) is 3.51. The molecule has 3 aromatic rings. The fourth-order valence-electron chi connectivity index (χ4n) is 1.92. The second kappa shape index (κ2) is 2.58. The summed E-state index contributed by atoms with van der Waals surface area (Å²) in [6.45, 7) is 0. The van der Waals surface area contributed by atoms with Crippen molar-refractivity contribution < 1.29 is 0 Å². The molecule has 2 heterocycles. The van der Waals surface area contributed by atoms with E-state index in [9.17, 15) is 0 Å². The first-order valence-electron chi connectivity index (χ1n) is 4.65. The quantitative estimate of drug-likeness (QED) is 0.522. The van der Waals surface area contributed by atoms with Crippen molar-refractivity contribution in [2.24, 2.45) is 7.05 Å². The van der Waals surface area contributed by atoms with Crippen LogP contribution >= 0.6 is 0 Å². The van der Waals surface area contributed by atoms with E-state index in [0.717, 1.165) is 5.52 Å². The standard InChI is InChI=1S/C12H10N2/c1-14-7-6-9-8-13-11-5-3-2-4-10(11)12(9)14/h2-8H,1H3. The predicted octanol–water partition coefficient (Wildman–Crippen LogP) is 2.73. The van der Waals surface area contributed by atoms with E-state index in [1.54, 1.807) is 0 Å². The van der Waals surface area contributed by atoms with E-state index in [1.165, 1.54) is 16.3 Å². The molecule has 3 rings (SSSR count). The molecule has 0 atom stereocenters. The van der Waals surface area contributed by atoms with Crippen molar-refractivity contribution in [1.29, 1.82) is 0 Å². The number of rotatable bonds is 0. The molecule has 14 heavy (non-hydrogen) atoms. The normalized spacial score (nSPS) is 11.2. The number of nitrogens with zero attached hydrogens (tertiary/aromatic N) is 2. The average molecular weight is 182 g/mol. The average Bonchev–Trinajstić information content (AvgIpc) is 2.61. The highest BCUT2D eigenvalue weighted by atomic mass is 14.9. The van der Waals surface area contributed by atoms with Gasteiger partial charge in [-0.25, -0.2) is 0 Å². The Bertz CT molecular complexity index is 608. The summed E-state index contributed by atoms with van der Waals surface area (Å²) < 4.78 is 2.14. The number of aryl methyl sites for hydroxylation is 1. The fourth-order valence-corrected chi connectivity index (χ4v) is 1.92. The summed E-state index contributed by atoms with van der Waals surface area (Å²) in [5.74, 6) is 0. The van der Waals surface area contributed by atoms with Gasteiger partial charge >= 0.3 is 0 Å². The Morgan fingerprint density at radius 2 is 2.00 bits per heavy atom. The molecule has 0 radical (unpaired) electrons.